The van der Waals surface area contributed by atoms with Gasteiger partial charge in [0, 0.05) is 37.2 Å². The second kappa shape index (κ2) is 6.66. The Morgan fingerprint density at radius 3 is 2.81 bits per heavy atom. The molecule has 2 aromatic heterocycles. The maximum atomic E-state index is 5.81. The number of rotatable bonds is 4. The molecule has 1 fully saturated rings. The number of aryl methyl sites for hydroxylation is 1. The highest BCUT2D eigenvalue weighted by atomic mass is 79.9. The van der Waals surface area contributed by atoms with Crippen LogP contribution in [0.5, 0.6) is 0 Å². The minimum atomic E-state index is 0.0867. The third-order valence-corrected chi connectivity index (χ3v) is 4.11. The molecule has 1 aliphatic rings. The van der Waals surface area contributed by atoms with E-state index in [1.54, 1.807) is 12.4 Å². The fourth-order valence-electron chi connectivity index (χ4n) is 2.59. The van der Waals surface area contributed by atoms with Crippen molar-refractivity contribution >= 4 is 15.9 Å². The summed E-state index contributed by atoms with van der Waals surface area (Å²) in [7, 11) is 0. The fourth-order valence-corrected chi connectivity index (χ4v) is 2.80. The number of halogens is 1. The molecule has 2 aromatic rings. The van der Waals surface area contributed by atoms with Crippen LogP contribution in [-0.2, 0) is 17.6 Å². The average molecular weight is 351 g/mol. The van der Waals surface area contributed by atoms with E-state index in [1.807, 2.05) is 4.68 Å². The highest BCUT2D eigenvalue weighted by Crippen LogP contribution is 2.24. The lowest BCUT2D eigenvalue weighted by Gasteiger charge is -2.22. The fraction of sp³-hybridized carbons (Fsp3) is 0.533. The molecule has 6 heteroatoms. The van der Waals surface area contributed by atoms with Crippen LogP contribution in [0.2, 0.25) is 0 Å². The Hall–Kier alpha value is -1.27. The molecular weight excluding hydrogens is 332 g/mol. The Balaban J connectivity index is 1.80. The lowest BCUT2D eigenvalue weighted by Crippen LogP contribution is -2.18. The molecule has 0 spiro atoms. The lowest BCUT2D eigenvalue weighted by molar-refractivity contribution is -0.0397. The molecule has 0 saturated carbocycles. The number of hydrogen-bond donors (Lipinski definition) is 0. The van der Waals surface area contributed by atoms with E-state index in [0.717, 1.165) is 41.9 Å². The van der Waals surface area contributed by atoms with Gasteiger partial charge in [-0.3, -0.25) is 0 Å². The molecule has 0 aliphatic carbocycles. The summed E-state index contributed by atoms with van der Waals surface area (Å²) in [4.78, 5) is 8.69. The van der Waals surface area contributed by atoms with E-state index in [2.05, 4.69) is 39.0 Å². The maximum absolute atomic E-state index is 5.81. The number of ether oxygens (including phenoxy) is 1. The molecule has 21 heavy (non-hydrogen) atoms. The summed E-state index contributed by atoms with van der Waals surface area (Å²) in [5.74, 6) is 0.817. The number of nitrogens with zero attached hydrogens (tertiary/aromatic N) is 4. The summed E-state index contributed by atoms with van der Waals surface area (Å²) in [5, 5.41) is 4.69. The summed E-state index contributed by atoms with van der Waals surface area (Å²) >= 11 is 3.36. The molecule has 0 aromatic carbocycles. The van der Waals surface area contributed by atoms with Crippen molar-refractivity contribution in [3.63, 3.8) is 0 Å². The molecule has 1 aliphatic heterocycles. The van der Waals surface area contributed by atoms with Gasteiger partial charge in [0.25, 0.3) is 0 Å². The Morgan fingerprint density at radius 1 is 1.33 bits per heavy atom. The van der Waals surface area contributed by atoms with Gasteiger partial charge in [-0.1, -0.05) is 6.92 Å². The van der Waals surface area contributed by atoms with Crippen LogP contribution in [0, 0.1) is 0 Å². The SMILES string of the molecule is CCc1nn(C2CCCCO2)cc1Cc1ncc(Br)cn1. The molecule has 5 nitrogen and oxygen atoms in total. The van der Waals surface area contributed by atoms with Crippen molar-refractivity contribution in [3.8, 4) is 0 Å². The van der Waals surface area contributed by atoms with E-state index in [1.165, 1.54) is 12.0 Å². The van der Waals surface area contributed by atoms with Crippen molar-refractivity contribution < 1.29 is 4.74 Å². The predicted octanol–water partition coefficient (Wildman–Crippen LogP) is 3.29. The van der Waals surface area contributed by atoms with Crippen molar-refractivity contribution in [1.29, 1.82) is 0 Å². The van der Waals surface area contributed by atoms with Gasteiger partial charge in [-0.05, 0) is 41.6 Å². The van der Waals surface area contributed by atoms with Crippen molar-refractivity contribution in [2.75, 3.05) is 6.61 Å². The first-order valence-corrected chi connectivity index (χ1v) is 8.20. The largest absolute Gasteiger partial charge is 0.357 e. The van der Waals surface area contributed by atoms with E-state index in [0.29, 0.717) is 6.42 Å². The zero-order valence-corrected chi connectivity index (χ0v) is 13.7. The van der Waals surface area contributed by atoms with Crippen molar-refractivity contribution in [2.45, 2.75) is 45.3 Å². The van der Waals surface area contributed by atoms with Gasteiger partial charge in [-0.25, -0.2) is 14.6 Å². The second-order valence-corrected chi connectivity index (χ2v) is 6.17. The quantitative estimate of drug-likeness (QED) is 0.848. The van der Waals surface area contributed by atoms with Gasteiger partial charge >= 0.3 is 0 Å². The van der Waals surface area contributed by atoms with Crippen LogP contribution >= 0.6 is 15.9 Å². The van der Waals surface area contributed by atoms with Gasteiger partial charge in [0.2, 0.25) is 0 Å². The van der Waals surface area contributed by atoms with Crippen molar-refractivity contribution in [2.24, 2.45) is 0 Å². The molecule has 3 heterocycles. The van der Waals surface area contributed by atoms with E-state index >= 15 is 0 Å². The topological polar surface area (TPSA) is 52.8 Å². The van der Waals surface area contributed by atoms with Gasteiger partial charge < -0.3 is 4.74 Å². The van der Waals surface area contributed by atoms with E-state index < -0.39 is 0 Å². The minimum Gasteiger partial charge on any atom is -0.357 e. The van der Waals surface area contributed by atoms with Gasteiger partial charge in [0.1, 0.15) is 12.1 Å². The van der Waals surface area contributed by atoms with Crippen molar-refractivity contribution in [3.05, 3.63) is 40.1 Å². The zero-order chi connectivity index (χ0) is 14.7. The van der Waals surface area contributed by atoms with Gasteiger partial charge in [-0.15, -0.1) is 0 Å². The average Bonchev–Trinajstić information content (AvgIpc) is 2.93. The summed E-state index contributed by atoms with van der Waals surface area (Å²) in [6, 6.07) is 0. The monoisotopic (exact) mass is 350 g/mol. The van der Waals surface area contributed by atoms with E-state index in [4.69, 9.17) is 9.84 Å². The molecule has 3 rings (SSSR count). The molecule has 1 atom stereocenters. The minimum absolute atomic E-state index is 0.0867. The molecule has 1 saturated heterocycles. The third-order valence-electron chi connectivity index (χ3n) is 3.70. The molecule has 1 unspecified atom stereocenters. The molecule has 112 valence electrons. The summed E-state index contributed by atoms with van der Waals surface area (Å²) in [6.45, 7) is 2.96. The molecule has 0 N–H and O–H groups in total. The number of hydrogen-bond acceptors (Lipinski definition) is 4. The molecular formula is C15H19BrN4O. The summed E-state index contributed by atoms with van der Waals surface area (Å²) in [6.07, 6.45) is 10.8. The van der Waals surface area contributed by atoms with Gasteiger partial charge in [0.05, 0.1) is 10.2 Å². The van der Waals surface area contributed by atoms with Crippen LogP contribution in [0.3, 0.4) is 0 Å². The first kappa shape index (κ1) is 14.7. The van der Waals surface area contributed by atoms with Gasteiger partial charge in [-0.2, -0.15) is 5.10 Å². The molecule has 0 bridgehead atoms. The Morgan fingerprint density at radius 2 is 2.14 bits per heavy atom. The van der Waals surface area contributed by atoms with Crippen LogP contribution in [0.15, 0.2) is 23.1 Å². The Bertz CT molecular complexity index is 590. The van der Waals surface area contributed by atoms with Crippen molar-refractivity contribution in [1.82, 2.24) is 19.7 Å². The van der Waals surface area contributed by atoms with E-state index in [9.17, 15) is 0 Å². The highest BCUT2D eigenvalue weighted by Gasteiger charge is 2.19. The lowest BCUT2D eigenvalue weighted by atomic mass is 10.1. The predicted molar refractivity (Wildman–Crippen MR) is 83.0 cm³/mol. The zero-order valence-electron chi connectivity index (χ0n) is 12.1. The summed E-state index contributed by atoms with van der Waals surface area (Å²) in [5.41, 5.74) is 2.30. The van der Waals surface area contributed by atoms with Gasteiger partial charge in [0.15, 0.2) is 0 Å². The van der Waals surface area contributed by atoms with E-state index in [-0.39, 0.29) is 6.23 Å². The van der Waals surface area contributed by atoms with Crippen LogP contribution in [-0.4, -0.2) is 26.4 Å². The first-order valence-electron chi connectivity index (χ1n) is 7.41. The molecule has 0 radical (unpaired) electrons. The Labute approximate surface area is 132 Å². The number of aromatic nitrogens is 4. The first-order chi connectivity index (χ1) is 10.3. The van der Waals surface area contributed by atoms with Crippen LogP contribution < -0.4 is 0 Å². The van der Waals surface area contributed by atoms with Crippen LogP contribution in [0.1, 0.15) is 49.5 Å². The third kappa shape index (κ3) is 3.49. The summed E-state index contributed by atoms with van der Waals surface area (Å²) < 4.78 is 8.68. The smallest absolute Gasteiger partial charge is 0.150 e. The second-order valence-electron chi connectivity index (χ2n) is 5.25. The normalized spacial score (nSPS) is 18.9. The van der Waals surface area contributed by atoms with Crippen LogP contribution in [0.4, 0.5) is 0 Å². The highest BCUT2D eigenvalue weighted by molar-refractivity contribution is 9.10. The standard InChI is InChI=1S/C15H19BrN4O/c1-2-13-11(7-14-17-8-12(16)9-18-14)10-20(19-13)15-5-3-4-6-21-15/h8-10,15H,2-7H2,1H3. The van der Waals surface area contributed by atoms with Crippen LogP contribution in [0.25, 0.3) is 0 Å². The molecule has 0 amide bonds. The maximum Gasteiger partial charge on any atom is 0.150 e. The Kier molecular flexibility index (Phi) is 4.65.